The number of hydrogen-bond donors (Lipinski definition) is 3. The van der Waals surface area contributed by atoms with Crippen LogP contribution in [0.4, 0.5) is 0 Å². The van der Waals surface area contributed by atoms with Gasteiger partial charge in [0.25, 0.3) is 0 Å². The largest absolute Gasteiger partial charge is 0.504 e. The molecule has 140 valence electrons. The summed E-state index contributed by atoms with van der Waals surface area (Å²) in [5.41, 5.74) is 1.43. The van der Waals surface area contributed by atoms with Crippen LogP contribution < -0.4 is 9.47 Å². The molecule has 0 fully saturated rings. The van der Waals surface area contributed by atoms with Crippen LogP contribution in [-0.4, -0.2) is 33.8 Å². The van der Waals surface area contributed by atoms with E-state index in [1.54, 1.807) is 30.4 Å². The highest BCUT2D eigenvalue weighted by atomic mass is 16.6. The third kappa shape index (κ3) is 4.30. The number of allylic oxidation sites excluding steroid dienone is 3. The second-order valence-electron chi connectivity index (χ2n) is 6.16. The molecule has 1 heterocycles. The first-order valence-electron chi connectivity index (χ1n) is 8.43. The third-order valence-corrected chi connectivity index (χ3v) is 4.08. The van der Waals surface area contributed by atoms with E-state index in [1.165, 1.54) is 25.1 Å². The lowest BCUT2D eigenvalue weighted by molar-refractivity contribution is -0.112. The lowest BCUT2D eigenvalue weighted by Gasteiger charge is -2.33. The maximum absolute atomic E-state index is 10.9. The van der Waals surface area contributed by atoms with E-state index in [0.717, 1.165) is 5.56 Å². The second-order valence-corrected chi connectivity index (χ2v) is 6.16. The summed E-state index contributed by atoms with van der Waals surface area (Å²) in [7, 11) is 0. The number of fused-ring (bicyclic) bond motifs is 1. The van der Waals surface area contributed by atoms with E-state index in [0.29, 0.717) is 17.1 Å². The van der Waals surface area contributed by atoms with E-state index in [4.69, 9.17) is 9.47 Å². The standard InChI is InChI=1S/C21H20O6/c1-13(23)4-2-3-5-14-6-9-18-19(10-14)26-20(12-22)21(27-18)15-7-8-16(24)17(25)11-15/h2-11,20-22,24-25H,12H2,1H3/b4-2-,5-3+/t20-,21+/m1/s1. The smallest absolute Gasteiger partial charge is 0.163 e. The molecule has 1 aliphatic heterocycles. The number of aliphatic hydroxyl groups is 1. The van der Waals surface area contributed by atoms with Crippen LogP contribution in [0, 0.1) is 0 Å². The second kappa shape index (κ2) is 7.97. The first-order chi connectivity index (χ1) is 13.0. The number of ether oxygens (including phenoxy) is 2. The molecule has 0 spiro atoms. The average molecular weight is 368 g/mol. The Labute approximate surface area is 156 Å². The van der Waals surface area contributed by atoms with Crippen LogP contribution in [0.5, 0.6) is 23.0 Å². The van der Waals surface area contributed by atoms with Crippen molar-refractivity contribution in [1.29, 1.82) is 0 Å². The molecule has 0 aliphatic carbocycles. The first-order valence-corrected chi connectivity index (χ1v) is 8.43. The molecule has 0 amide bonds. The van der Waals surface area contributed by atoms with Gasteiger partial charge in [-0.15, -0.1) is 0 Å². The fourth-order valence-corrected chi connectivity index (χ4v) is 2.75. The summed E-state index contributed by atoms with van der Waals surface area (Å²) in [4.78, 5) is 10.9. The number of phenols is 2. The molecular formula is C21H20O6. The summed E-state index contributed by atoms with van der Waals surface area (Å²) >= 11 is 0. The number of carbonyl (C=O) groups excluding carboxylic acids is 1. The average Bonchev–Trinajstić information content (AvgIpc) is 2.66. The molecule has 2 atom stereocenters. The molecule has 3 rings (SSSR count). The molecule has 27 heavy (non-hydrogen) atoms. The molecule has 2 aromatic rings. The van der Waals surface area contributed by atoms with E-state index in [2.05, 4.69) is 0 Å². The minimum atomic E-state index is -0.668. The van der Waals surface area contributed by atoms with Gasteiger partial charge in [0.15, 0.2) is 41.0 Å². The van der Waals surface area contributed by atoms with Gasteiger partial charge in [0, 0.05) is 5.56 Å². The van der Waals surface area contributed by atoms with E-state index in [1.807, 2.05) is 12.1 Å². The van der Waals surface area contributed by atoms with Gasteiger partial charge in [-0.3, -0.25) is 4.79 Å². The van der Waals surface area contributed by atoms with Crippen molar-refractivity contribution in [2.45, 2.75) is 19.1 Å². The Morgan fingerprint density at radius 2 is 1.85 bits per heavy atom. The molecule has 6 nitrogen and oxygen atoms in total. The lowest BCUT2D eigenvalue weighted by atomic mass is 10.0. The molecule has 1 aliphatic rings. The third-order valence-electron chi connectivity index (χ3n) is 4.08. The van der Waals surface area contributed by atoms with Gasteiger partial charge in [-0.05, 0) is 42.8 Å². The Kier molecular flexibility index (Phi) is 5.47. The molecule has 2 aromatic carbocycles. The Bertz CT molecular complexity index is 900. The molecule has 6 heteroatoms. The maximum Gasteiger partial charge on any atom is 0.163 e. The van der Waals surface area contributed by atoms with Crippen LogP contribution in [0.25, 0.3) is 6.08 Å². The molecule has 3 N–H and O–H groups in total. The normalized spacial score (nSPS) is 18.9. The zero-order chi connectivity index (χ0) is 19.4. The number of ketones is 1. The predicted molar refractivity (Wildman–Crippen MR) is 99.9 cm³/mol. The van der Waals surface area contributed by atoms with Crippen molar-refractivity contribution in [2.24, 2.45) is 0 Å². The van der Waals surface area contributed by atoms with Gasteiger partial charge in [0.1, 0.15) is 0 Å². The van der Waals surface area contributed by atoms with Crippen molar-refractivity contribution in [1.82, 2.24) is 0 Å². The summed E-state index contributed by atoms with van der Waals surface area (Å²) in [5, 5.41) is 28.9. The highest BCUT2D eigenvalue weighted by Crippen LogP contribution is 2.41. The molecule has 0 bridgehead atoms. The summed E-state index contributed by atoms with van der Waals surface area (Å²) in [6, 6.07) is 9.72. The van der Waals surface area contributed by atoms with Crippen LogP contribution in [0.2, 0.25) is 0 Å². The Hall–Kier alpha value is -3.25. The van der Waals surface area contributed by atoms with Crippen molar-refractivity contribution < 1.29 is 29.6 Å². The Balaban J connectivity index is 1.84. The molecule has 0 saturated carbocycles. The van der Waals surface area contributed by atoms with Crippen LogP contribution in [0.3, 0.4) is 0 Å². The minimum absolute atomic E-state index is 0.0288. The van der Waals surface area contributed by atoms with E-state index >= 15 is 0 Å². The van der Waals surface area contributed by atoms with Gasteiger partial charge >= 0.3 is 0 Å². The van der Waals surface area contributed by atoms with Crippen LogP contribution in [-0.2, 0) is 4.79 Å². The number of hydrogen-bond acceptors (Lipinski definition) is 6. The van der Waals surface area contributed by atoms with Gasteiger partial charge in [-0.2, -0.15) is 0 Å². The van der Waals surface area contributed by atoms with Crippen LogP contribution >= 0.6 is 0 Å². The van der Waals surface area contributed by atoms with Crippen molar-refractivity contribution in [3.63, 3.8) is 0 Å². The molecule has 0 radical (unpaired) electrons. The van der Waals surface area contributed by atoms with Crippen molar-refractivity contribution >= 4 is 11.9 Å². The van der Waals surface area contributed by atoms with Gasteiger partial charge in [0.2, 0.25) is 0 Å². The van der Waals surface area contributed by atoms with Crippen molar-refractivity contribution in [3.05, 3.63) is 65.8 Å². The summed E-state index contributed by atoms with van der Waals surface area (Å²) < 4.78 is 11.8. The number of phenolic OH excluding ortho intramolecular Hbond substituents is 2. The monoisotopic (exact) mass is 368 g/mol. The number of carbonyl (C=O) groups is 1. The quantitative estimate of drug-likeness (QED) is 0.426. The molecule has 0 aromatic heterocycles. The van der Waals surface area contributed by atoms with Gasteiger partial charge in [-0.1, -0.05) is 30.4 Å². The first kappa shape index (κ1) is 18.5. The Morgan fingerprint density at radius 3 is 2.56 bits per heavy atom. The number of aliphatic hydroxyl groups excluding tert-OH is 1. The van der Waals surface area contributed by atoms with E-state index < -0.39 is 12.2 Å². The minimum Gasteiger partial charge on any atom is -0.504 e. The highest BCUT2D eigenvalue weighted by Gasteiger charge is 2.33. The summed E-state index contributed by atoms with van der Waals surface area (Å²) in [6.07, 6.45) is 5.39. The van der Waals surface area contributed by atoms with Crippen molar-refractivity contribution in [2.75, 3.05) is 6.61 Å². The summed E-state index contributed by atoms with van der Waals surface area (Å²) in [5.74, 6) is 0.475. The predicted octanol–water partition coefficient (Wildman–Crippen LogP) is 3.13. The van der Waals surface area contributed by atoms with Crippen molar-refractivity contribution in [3.8, 4) is 23.0 Å². The molecule has 0 saturated heterocycles. The zero-order valence-corrected chi connectivity index (χ0v) is 14.7. The van der Waals surface area contributed by atoms with Crippen LogP contribution in [0.15, 0.2) is 54.6 Å². The highest BCUT2D eigenvalue weighted by molar-refractivity contribution is 5.87. The van der Waals surface area contributed by atoms with Crippen LogP contribution in [0.1, 0.15) is 24.2 Å². The maximum atomic E-state index is 10.9. The van der Waals surface area contributed by atoms with Gasteiger partial charge < -0.3 is 24.8 Å². The Morgan fingerprint density at radius 1 is 1.04 bits per heavy atom. The SMILES string of the molecule is CC(=O)/C=C\C=C\c1ccc2c(c1)O[C@H](CO)[C@H](c1ccc(O)c(O)c1)O2. The molecule has 0 unspecified atom stereocenters. The topological polar surface area (TPSA) is 96.2 Å². The fraction of sp³-hybridized carbons (Fsp3) is 0.190. The van der Waals surface area contributed by atoms with E-state index in [9.17, 15) is 20.1 Å². The van der Waals surface area contributed by atoms with Gasteiger partial charge in [0.05, 0.1) is 6.61 Å². The number of aromatic hydroxyl groups is 2. The zero-order valence-electron chi connectivity index (χ0n) is 14.7. The number of rotatable bonds is 5. The lowest BCUT2D eigenvalue weighted by Crippen LogP contribution is -2.36. The number of benzene rings is 2. The van der Waals surface area contributed by atoms with E-state index in [-0.39, 0.29) is 23.9 Å². The van der Waals surface area contributed by atoms with Gasteiger partial charge in [-0.25, -0.2) is 0 Å². The molecular weight excluding hydrogens is 348 g/mol. The summed E-state index contributed by atoms with van der Waals surface area (Å²) in [6.45, 7) is 1.20. The fourth-order valence-electron chi connectivity index (χ4n) is 2.75.